The fraction of sp³-hybridized carbons (Fsp3) is 0.333. The number of esters is 1. The molecule has 0 saturated heterocycles. The lowest BCUT2D eigenvalue weighted by Crippen LogP contribution is -2.21. The standard InChI is InChI=1S/C3H6NO6P/c4-1-9-2(5)3(6)10-11(7)8/h11H,1,4H2,(H,7,8). The van der Waals surface area contributed by atoms with Crippen molar-refractivity contribution in [2.45, 2.75) is 0 Å². The van der Waals surface area contributed by atoms with Crippen molar-refractivity contribution in [2.24, 2.45) is 5.73 Å². The first kappa shape index (κ1) is 10.1. The molecule has 1 unspecified atom stereocenters. The van der Waals surface area contributed by atoms with Gasteiger partial charge in [-0.2, -0.15) is 0 Å². The van der Waals surface area contributed by atoms with E-state index in [4.69, 9.17) is 10.6 Å². The average molecular weight is 183 g/mol. The Labute approximate surface area is 62.0 Å². The first-order chi connectivity index (χ1) is 5.07. The normalized spacial score (nSPS) is 11.8. The number of hydrogen-bond donors (Lipinski definition) is 2. The second kappa shape index (κ2) is 4.84. The van der Waals surface area contributed by atoms with Crippen molar-refractivity contribution in [3.8, 4) is 0 Å². The van der Waals surface area contributed by atoms with E-state index in [0.717, 1.165) is 0 Å². The molecular formula is C3H6NO6P. The second-order valence-corrected chi connectivity index (χ2v) is 1.99. The largest absolute Gasteiger partial charge is 0.442 e. The highest BCUT2D eigenvalue weighted by Crippen LogP contribution is 2.14. The number of ether oxygens (including phenoxy) is 1. The minimum atomic E-state index is -3.44. The van der Waals surface area contributed by atoms with Gasteiger partial charge in [-0.05, 0) is 0 Å². The molecular weight excluding hydrogens is 177 g/mol. The summed E-state index contributed by atoms with van der Waals surface area (Å²) in [7, 11) is -3.44. The number of hydrogen-bond acceptors (Lipinski definition) is 6. The Balaban J connectivity index is 3.83. The van der Waals surface area contributed by atoms with E-state index in [1.165, 1.54) is 0 Å². The Hall–Kier alpha value is -0.910. The molecule has 0 bridgehead atoms. The summed E-state index contributed by atoms with van der Waals surface area (Å²) < 4.78 is 17.4. The van der Waals surface area contributed by atoms with Crippen LogP contribution in [0.5, 0.6) is 0 Å². The zero-order valence-electron chi connectivity index (χ0n) is 5.27. The minimum Gasteiger partial charge on any atom is -0.442 e. The predicted molar refractivity (Wildman–Crippen MR) is 32.5 cm³/mol. The SMILES string of the molecule is NCOC(=O)C(=O)O[PH](=O)O. The fourth-order valence-corrected chi connectivity index (χ4v) is 0.498. The van der Waals surface area contributed by atoms with Gasteiger partial charge in [0.15, 0.2) is 0 Å². The van der Waals surface area contributed by atoms with Crippen LogP contribution in [0, 0.1) is 0 Å². The number of carbonyl (C=O) groups is 2. The van der Waals surface area contributed by atoms with Crippen molar-refractivity contribution in [3.05, 3.63) is 0 Å². The van der Waals surface area contributed by atoms with Gasteiger partial charge in [0.2, 0.25) is 0 Å². The van der Waals surface area contributed by atoms with Crippen LogP contribution in [0.25, 0.3) is 0 Å². The zero-order valence-corrected chi connectivity index (χ0v) is 6.27. The van der Waals surface area contributed by atoms with Crippen molar-refractivity contribution in [3.63, 3.8) is 0 Å². The Morgan fingerprint density at radius 3 is 2.36 bits per heavy atom. The van der Waals surface area contributed by atoms with Gasteiger partial charge in [0.25, 0.3) is 0 Å². The van der Waals surface area contributed by atoms with Gasteiger partial charge in [0.1, 0.15) is 6.73 Å². The molecule has 0 aliphatic rings. The van der Waals surface area contributed by atoms with Gasteiger partial charge in [0.05, 0.1) is 0 Å². The van der Waals surface area contributed by atoms with E-state index in [2.05, 4.69) is 9.26 Å². The molecule has 0 aliphatic carbocycles. The summed E-state index contributed by atoms with van der Waals surface area (Å²) in [6.07, 6.45) is 0. The lowest BCUT2D eigenvalue weighted by atomic mass is 10.7. The van der Waals surface area contributed by atoms with Crippen molar-refractivity contribution in [1.29, 1.82) is 0 Å². The Bertz CT molecular complexity index is 190. The van der Waals surface area contributed by atoms with Gasteiger partial charge >= 0.3 is 20.2 Å². The maximum Gasteiger partial charge on any atom is 0.423 e. The highest BCUT2D eigenvalue weighted by molar-refractivity contribution is 7.33. The summed E-state index contributed by atoms with van der Waals surface area (Å²) in [5.74, 6) is -2.92. The molecule has 8 heteroatoms. The predicted octanol–water partition coefficient (Wildman–Crippen LogP) is -1.63. The van der Waals surface area contributed by atoms with Crippen LogP contribution >= 0.6 is 8.25 Å². The van der Waals surface area contributed by atoms with Gasteiger partial charge in [0, 0.05) is 0 Å². The molecule has 0 saturated carbocycles. The molecule has 0 fully saturated rings. The molecule has 11 heavy (non-hydrogen) atoms. The van der Waals surface area contributed by atoms with Gasteiger partial charge in [-0.15, -0.1) is 0 Å². The average Bonchev–Trinajstić information content (AvgIpc) is 1.86. The van der Waals surface area contributed by atoms with Crippen LogP contribution in [0.4, 0.5) is 0 Å². The smallest absolute Gasteiger partial charge is 0.423 e. The number of carbonyl (C=O) groups excluding carboxylic acids is 2. The molecule has 1 atom stereocenters. The molecule has 64 valence electrons. The molecule has 0 aromatic carbocycles. The van der Waals surface area contributed by atoms with Crippen LogP contribution < -0.4 is 5.73 Å². The minimum absolute atomic E-state index is 0.486. The van der Waals surface area contributed by atoms with E-state index >= 15 is 0 Å². The number of rotatable bonds is 2. The van der Waals surface area contributed by atoms with E-state index < -0.39 is 26.9 Å². The van der Waals surface area contributed by atoms with E-state index in [1.807, 2.05) is 0 Å². The van der Waals surface area contributed by atoms with Gasteiger partial charge in [-0.25, -0.2) is 14.2 Å². The van der Waals surface area contributed by atoms with Crippen LogP contribution in [-0.4, -0.2) is 23.6 Å². The van der Waals surface area contributed by atoms with Crippen LogP contribution in [0.3, 0.4) is 0 Å². The molecule has 0 amide bonds. The molecule has 3 N–H and O–H groups in total. The van der Waals surface area contributed by atoms with E-state index in [9.17, 15) is 14.2 Å². The third-order valence-electron chi connectivity index (χ3n) is 0.561. The summed E-state index contributed by atoms with van der Waals surface area (Å²) in [6, 6.07) is 0. The summed E-state index contributed by atoms with van der Waals surface area (Å²) >= 11 is 0. The van der Waals surface area contributed by atoms with Crippen LogP contribution in [0.15, 0.2) is 0 Å². The highest BCUT2D eigenvalue weighted by atomic mass is 31.1. The quantitative estimate of drug-likeness (QED) is 0.228. The van der Waals surface area contributed by atoms with Crippen molar-refractivity contribution >= 4 is 20.2 Å². The molecule has 0 heterocycles. The lowest BCUT2D eigenvalue weighted by Gasteiger charge is -1.98. The van der Waals surface area contributed by atoms with E-state index in [0.29, 0.717) is 0 Å². The van der Waals surface area contributed by atoms with Crippen LogP contribution in [0.1, 0.15) is 0 Å². The first-order valence-corrected chi connectivity index (χ1v) is 3.66. The number of nitrogens with two attached hydrogens (primary N) is 1. The maximum atomic E-state index is 10.3. The molecule has 0 aliphatic heterocycles. The Kier molecular flexibility index (Phi) is 4.44. The van der Waals surface area contributed by atoms with Crippen LogP contribution in [0.2, 0.25) is 0 Å². The summed E-state index contributed by atoms with van der Waals surface area (Å²) in [6.45, 7) is -0.486. The molecule has 0 aromatic rings. The van der Waals surface area contributed by atoms with Gasteiger partial charge in [-0.3, -0.25) is 5.73 Å². The van der Waals surface area contributed by atoms with E-state index in [1.54, 1.807) is 0 Å². The monoisotopic (exact) mass is 183 g/mol. The highest BCUT2D eigenvalue weighted by Gasteiger charge is 2.18. The second-order valence-electron chi connectivity index (χ2n) is 1.25. The lowest BCUT2D eigenvalue weighted by molar-refractivity contribution is -0.162. The molecule has 0 radical (unpaired) electrons. The summed E-state index contributed by atoms with van der Waals surface area (Å²) in [5.41, 5.74) is 4.71. The molecule has 0 aromatic heterocycles. The van der Waals surface area contributed by atoms with Crippen molar-refractivity contribution in [2.75, 3.05) is 6.73 Å². The van der Waals surface area contributed by atoms with Crippen molar-refractivity contribution < 1.29 is 28.3 Å². The third-order valence-corrected chi connectivity index (χ3v) is 0.921. The van der Waals surface area contributed by atoms with Gasteiger partial charge in [-0.1, -0.05) is 0 Å². The topological polar surface area (TPSA) is 116 Å². The summed E-state index contributed by atoms with van der Waals surface area (Å²) in [4.78, 5) is 28.5. The third kappa shape index (κ3) is 4.49. The van der Waals surface area contributed by atoms with Crippen LogP contribution in [-0.2, 0) is 23.4 Å². The Morgan fingerprint density at radius 2 is 2.00 bits per heavy atom. The molecule has 0 spiro atoms. The van der Waals surface area contributed by atoms with Crippen molar-refractivity contribution in [1.82, 2.24) is 0 Å². The van der Waals surface area contributed by atoms with Gasteiger partial charge < -0.3 is 14.2 Å². The fourth-order valence-electron chi connectivity index (χ4n) is 0.256. The maximum absolute atomic E-state index is 10.3. The first-order valence-electron chi connectivity index (χ1n) is 2.40. The molecule has 7 nitrogen and oxygen atoms in total. The zero-order chi connectivity index (χ0) is 8.85. The summed E-state index contributed by atoms with van der Waals surface area (Å²) in [5, 5.41) is 0. The Morgan fingerprint density at radius 1 is 1.45 bits per heavy atom. The van der Waals surface area contributed by atoms with E-state index in [-0.39, 0.29) is 0 Å². The molecule has 0 rings (SSSR count).